The van der Waals surface area contributed by atoms with Gasteiger partial charge in [-0.25, -0.2) is 0 Å². The number of aliphatic hydroxyl groups is 1. The van der Waals surface area contributed by atoms with E-state index in [0.29, 0.717) is 19.1 Å². The monoisotopic (exact) mass is 216 g/mol. The third-order valence-electron chi connectivity index (χ3n) is 3.48. The first-order chi connectivity index (χ1) is 7.26. The summed E-state index contributed by atoms with van der Waals surface area (Å²) in [7, 11) is 1.62. The zero-order valence-corrected chi connectivity index (χ0v) is 9.28. The second-order valence-corrected chi connectivity index (χ2v) is 4.61. The number of ether oxygens (including phenoxy) is 3. The molecule has 0 amide bonds. The Hall–Kier alpha value is -0.160. The molecule has 2 fully saturated rings. The Labute approximate surface area is 90.5 Å². The Kier molecular flexibility index (Phi) is 3.61. The second-order valence-electron chi connectivity index (χ2n) is 4.61. The van der Waals surface area contributed by atoms with E-state index in [1.54, 1.807) is 7.11 Å². The van der Waals surface area contributed by atoms with Gasteiger partial charge in [-0.05, 0) is 18.8 Å². The van der Waals surface area contributed by atoms with Gasteiger partial charge in [0.1, 0.15) is 0 Å². The summed E-state index contributed by atoms with van der Waals surface area (Å²) < 4.78 is 16.2. The van der Waals surface area contributed by atoms with Crippen molar-refractivity contribution in [2.75, 3.05) is 33.5 Å². The summed E-state index contributed by atoms with van der Waals surface area (Å²) in [6.07, 6.45) is 2.42. The molecule has 2 aliphatic heterocycles. The minimum atomic E-state index is -0.364. The van der Waals surface area contributed by atoms with E-state index >= 15 is 0 Å². The number of rotatable bonds is 3. The van der Waals surface area contributed by atoms with E-state index in [2.05, 4.69) is 0 Å². The Morgan fingerprint density at radius 1 is 1.53 bits per heavy atom. The maximum atomic E-state index is 9.90. The first-order valence-electron chi connectivity index (χ1n) is 5.64. The lowest BCUT2D eigenvalue weighted by atomic mass is 9.82. The van der Waals surface area contributed by atoms with Gasteiger partial charge in [0.2, 0.25) is 0 Å². The Balaban J connectivity index is 1.91. The van der Waals surface area contributed by atoms with Crippen molar-refractivity contribution in [2.24, 2.45) is 5.92 Å². The van der Waals surface area contributed by atoms with Gasteiger partial charge in [-0.15, -0.1) is 0 Å². The molecule has 0 aromatic rings. The van der Waals surface area contributed by atoms with E-state index in [4.69, 9.17) is 14.2 Å². The van der Waals surface area contributed by atoms with Gasteiger partial charge >= 0.3 is 0 Å². The van der Waals surface area contributed by atoms with Gasteiger partial charge in [-0.1, -0.05) is 0 Å². The van der Waals surface area contributed by atoms with Crippen molar-refractivity contribution in [2.45, 2.75) is 31.0 Å². The van der Waals surface area contributed by atoms with Crippen LogP contribution in [0.25, 0.3) is 0 Å². The lowest BCUT2D eigenvalue weighted by Gasteiger charge is -2.38. The number of methoxy groups -OCH3 is 1. The molecule has 1 spiro atoms. The minimum absolute atomic E-state index is 0.113. The highest BCUT2D eigenvalue weighted by atomic mass is 16.6. The number of hydrogen-bond acceptors (Lipinski definition) is 4. The second kappa shape index (κ2) is 4.78. The van der Waals surface area contributed by atoms with E-state index in [1.807, 2.05) is 0 Å². The van der Waals surface area contributed by atoms with Crippen LogP contribution in [0, 0.1) is 5.92 Å². The van der Waals surface area contributed by atoms with Crippen molar-refractivity contribution >= 4 is 0 Å². The summed E-state index contributed by atoms with van der Waals surface area (Å²) in [5.74, 6) is 0.292. The van der Waals surface area contributed by atoms with Crippen LogP contribution in [-0.4, -0.2) is 50.3 Å². The molecule has 15 heavy (non-hydrogen) atoms. The normalized spacial score (nSPS) is 38.4. The lowest BCUT2D eigenvalue weighted by molar-refractivity contribution is -0.122. The molecule has 2 aliphatic rings. The van der Waals surface area contributed by atoms with Crippen LogP contribution < -0.4 is 0 Å². The maximum absolute atomic E-state index is 9.90. The van der Waals surface area contributed by atoms with Crippen LogP contribution >= 0.6 is 0 Å². The van der Waals surface area contributed by atoms with Gasteiger partial charge < -0.3 is 19.3 Å². The fourth-order valence-electron chi connectivity index (χ4n) is 2.56. The molecule has 0 aliphatic carbocycles. The van der Waals surface area contributed by atoms with Gasteiger partial charge in [-0.3, -0.25) is 0 Å². The summed E-state index contributed by atoms with van der Waals surface area (Å²) >= 11 is 0. The molecular weight excluding hydrogens is 196 g/mol. The predicted molar refractivity (Wildman–Crippen MR) is 54.7 cm³/mol. The molecule has 0 saturated carbocycles. The van der Waals surface area contributed by atoms with E-state index in [0.717, 1.165) is 32.5 Å². The molecule has 4 heteroatoms. The predicted octanol–water partition coefficient (Wildman–Crippen LogP) is 0.579. The molecule has 0 aromatic heterocycles. The SMILES string of the molecule is COCC(O)C1CCOC2(CCOC2)C1. The molecule has 3 unspecified atom stereocenters. The van der Waals surface area contributed by atoms with Crippen molar-refractivity contribution in [3.63, 3.8) is 0 Å². The summed E-state index contributed by atoms with van der Waals surface area (Å²) in [6, 6.07) is 0. The average Bonchev–Trinajstić information content (AvgIpc) is 2.67. The van der Waals surface area contributed by atoms with Crippen molar-refractivity contribution in [3.05, 3.63) is 0 Å². The molecule has 0 aromatic carbocycles. The molecule has 2 saturated heterocycles. The maximum Gasteiger partial charge on any atom is 0.0940 e. The smallest absolute Gasteiger partial charge is 0.0940 e. The highest BCUT2D eigenvalue weighted by molar-refractivity contribution is 4.92. The van der Waals surface area contributed by atoms with Crippen LogP contribution in [0.15, 0.2) is 0 Å². The van der Waals surface area contributed by atoms with Crippen molar-refractivity contribution < 1.29 is 19.3 Å². The van der Waals surface area contributed by atoms with E-state index < -0.39 is 0 Å². The zero-order chi connectivity index (χ0) is 10.7. The number of hydrogen-bond donors (Lipinski definition) is 1. The van der Waals surface area contributed by atoms with E-state index in [-0.39, 0.29) is 11.7 Å². The van der Waals surface area contributed by atoms with Crippen molar-refractivity contribution in [1.82, 2.24) is 0 Å². The van der Waals surface area contributed by atoms with Crippen LogP contribution in [0.4, 0.5) is 0 Å². The third kappa shape index (κ3) is 2.50. The Bertz CT molecular complexity index is 201. The summed E-state index contributed by atoms with van der Waals surface area (Å²) in [5, 5.41) is 9.90. The molecular formula is C11H20O4. The summed E-state index contributed by atoms with van der Waals surface area (Å²) in [5.41, 5.74) is -0.113. The highest BCUT2D eigenvalue weighted by Crippen LogP contribution is 2.37. The highest BCUT2D eigenvalue weighted by Gasteiger charge is 2.42. The van der Waals surface area contributed by atoms with Crippen LogP contribution in [-0.2, 0) is 14.2 Å². The molecule has 0 bridgehead atoms. The quantitative estimate of drug-likeness (QED) is 0.749. The molecule has 2 rings (SSSR count). The minimum Gasteiger partial charge on any atom is -0.390 e. The standard InChI is InChI=1S/C11H20O4/c1-13-7-10(12)9-2-4-15-11(6-9)3-5-14-8-11/h9-10,12H,2-8H2,1H3. The Morgan fingerprint density at radius 2 is 2.40 bits per heavy atom. The molecule has 3 atom stereocenters. The van der Waals surface area contributed by atoms with Gasteiger partial charge in [0.15, 0.2) is 0 Å². The van der Waals surface area contributed by atoms with Crippen LogP contribution in [0.5, 0.6) is 0 Å². The van der Waals surface area contributed by atoms with Crippen molar-refractivity contribution in [3.8, 4) is 0 Å². The number of aliphatic hydroxyl groups excluding tert-OH is 1. The summed E-state index contributed by atoms with van der Waals surface area (Å²) in [6.45, 7) is 2.62. The topological polar surface area (TPSA) is 47.9 Å². The fraction of sp³-hybridized carbons (Fsp3) is 1.00. The van der Waals surface area contributed by atoms with Crippen LogP contribution in [0.2, 0.25) is 0 Å². The first-order valence-corrected chi connectivity index (χ1v) is 5.64. The molecule has 4 nitrogen and oxygen atoms in total. The largest absolute Gasteiger partial charge is 0.390 e. The van der Waals surface area contributed by atoms with Gasteiger partial charge in [0.25, 0.3) is 0 Å². The van der Waals surface area contributed by atoms with Gasteiger partial charge in [0.05, 0.1) is 24.9 Å². The van der Waals surface area contributed by atoms with Gasteiger partial charge in [0, 0.05) is 26.7 Å². The first kappa shape index (κ1) is 11.3. The van der Waals surface area contributed by atoms with Crippen molar-refractivity contribution in [1.29, 1.82) is 0 Å². The molecule has 0 radical (unpaired) electrons. The lowest BCUT2D eigenvalue weighted by Crippen LogP contribution is -2.44. The third-order valence-corrected chi connectivity index (χ3v) is 3.48. The summed E-state index contributed by atoms with van der Waals surface area (Å²) in [4.78, 5) is 0. The Morgan fingerprint density at radius 3 is 3.07 bits per heavy atom. The van der Waals surface area contributed by atoms with E-state index in [1.165, 1.54) is 0 Å². The van der Waals surface area contributed by atoms with Crippen LogP contribution in [0.3, 0.4) is 0 Å². The zero-order valence-electron chi connectivity index (χ0n) is 9.28. The molecule has 1 N–H and O–H groups in total. The molecule has 2 heterocycles. The van der Waals surface area contributed by atoms with Gasteiger partial charge in [-0.2, -0.15) is 0 Å². The van der Waals surface area contributed by atoms with E-state index in [9.17, 15) is 5.11 Å². The molecule has 88 valence electrons. The average molecular weight is 216 g/mol. The van der Waals surface area contributed by atoms with Crippen LogP contribution in [0.1, 0.15) is 19.3 Å². The fourth-order valence-corrected chi connectivity index (χ4v) is 2.56.